The lowest BCUT2D eigenvalue weighted by molar-refractivity contribution is 0.276. The highest BCUT2D eigenvalue weighted by molar-refractivity contribution is 5.45. The monoisotopic (exact) mass is 263 g/mol. The Morgan fingerprint density at radius 2 is 1.79 bits per heavy atom. The van der Waals surface area contributed by atoms with Crippen LogP contribution in [0.15, 0.2) is 42.5 Å². The minimum atomic E-state index is -0.357. The van der Waals surface area contributed by atoms with Crippen LogP contribution in [0.1, 0.15) is 17.2 Å². The van der Waals surface area contributed by atoms with Crippen LogP contribution in [-0.2, 0) is 0 Å². The number of aryl methyl sites for hydroxylation is 1. The molecule has 0 bridgehead atoms. The van der Waals surface area contributed by atoms with E-state index in [1.165, 1.54) is 18.2 Å². The van der Waals surface area contributed by atoms with Crippen molar-refractivity contribution in [3.63, 3.8) is 0 Å². The number of halogens is 2. The maximum absolute atomic E-state index is 13.2. The molecule has 0 saturated heterocycles. The smallest absolute Gasteiger partial charge is 0.126 e. The second-order valence-electron chi connectivity index (χ2n) is 4.40. The van der Waals surface area contributed by atoms with Gasteiger partial charge in [0.1, 0.15) is 11.6 Å². The van der Waals surface area contributed by atoms with Gasteiger partial charge in [-0.15, -0.1) is 0 Å². The van der Waals surface area contributed by atoms with Gasteiger partial charge in [-0.25, -0.2) is 8.78 Å². The molecule has 1 atom stereocenters. The van der Waals surface area contributed by atoms with E-state index in [0.717, 1.165) is 5.56 Å². The fraction of sp³-hybridized carbons (Fsp3) is 0.200. The first-order chi connectivity index (χ1) is 9.10. The van der Waals surface area contributed by atoms with Gasteiger partial charge in [0.25, 0.3) is 0 Å². The lowest BCUT2D eigenvalue weighted by Gasteiger charge is -2.18. The van der Waals surface area contributed by atoms with E-state index in [0.29, 0.717) is 11.3 Å². The Hall–Kier alpha value is -1.94. The molecule has 1 unspecified atom stereocenters. The summed E-state index contributed by atoms with van der Waals surface area (Å²) in [6.45, 7) is 1.54. The highest BCUT2D eigenvalue weighted by atomic mass is 19.1. The van der Waals surface area contributed by atoms with Gasteiger partial charge in [-0.3, -0.25) is 0 Å². The van der Waals surface area contributed by atoms with Crippen LogP contribution in [0.25, 0.3) is 0 Å². The van der Waals surface area contributed by atoms with E-state index in [1.807, 2.05) is 0 Å². The van der Waals surface area contributed by atoms with Crippen molar-refractivity contribution >= 4 is 5.69 Å². The summed E-state index contributed by atoms with van der Waals surface area (Å²) < 4.78 is 26.0. The predicted molar refractivity (Wildman–Crippen MR) is 71.0 cm³/mol. The molecule has 0 amide bonds. The minimum Gasteiger partial charge on any atom is -0.394 e. The highest BCUT2D eigenvalue weighted by Gasteiger charge is 2.11. The van der Waals surface area contributed by atoms with E-state index in [1.54, 1.807) is 31.2 Å². The Morgan fingerprint density at radius 1 is 1.11 bits per heavy atom. The molecule has 0 spiro atoms. The lowest BCUT2D eigenvalue weighted by Crippen LogP contribution is -2.15. The maximum Gasteiger partial charge on any atom is 0.126 e. The molecule has 2 aromatic carbocycles. The first kappa shape index (κ1) is 13.5. The van der Waals surface area contributed by atoms with Crippen molar-refractivity contribution in [2.75, 3.05) is 11.9 Å². The topological polar surface area (TPSA) is 32.3 Å². The molecule has 2 nitrogen and oxygen atoms in total. The van der Waals surface area contributed by atoms with Crippen molar-refractivity contribution < 1.29 is 13.9 Å². The van der Waals surface area contributed by atoms with Gasteiger partial charge in [-0.2, -0.15) is 0 Å². The summed E-state index contributed by atoms with van der Waals surface area (Å²) in [5, 5.41) is 12.5. The van der Waals surface area contributed by atoms with Gasteiger partial charge in [0.2, 0.25) is 0 Å². The van der Waals surface area contributed by atoms with Crippen molar-refractivity contribution in [1.29, 1.82) is 0 Å². The van der Waals surface area contributed by atoms with Crippen molar-refractivity contribution in [1.82, 2.24) is 0 Å². The third kappa shape index (κ3) is 3.29. The summed E-state index contributed by atoms with van der Waals surface area (Å²) >= 11 is 0. The summed E-state index contributed by atoms with van der Waals surface area (Å²) in [7, 11) is 0. The summed E-state index contributed by atoms with van der Waals surface area (Å²) in [4.78, 5) is 0. The normalized spacial score (nSPS) is 12.2. The van der Waals surface area contributed by atoms with Crippen LogP contribution in [0.3, 0.4) is 0 Å². The third-order valence-electron chi connectivity index (χ3n) is 2.95. The van der Waals surface area contributed by atoms with Gasteiger partial charge in [-0.1, -0.05) is 12.1 Å². The van der Waals surface area contributed by atoms with Crippen LogP contribution in [0.5, 0.6) is 0 Å². The van der Waals surface area contributed by atoms with Gasteiger partial charge < -0.3 is 10.4 Å². The molecule has 0 aliphatic rings. The van der Waals surface area contributed by atoms with Crippen molar-refractivity contribution in [2.45, 2.75) is 13.0 Å². The summed E-state index contributed by atoms with van der Waals surface area (Å²) in [6, 6.07) is 10.2. The number of benzene rings is 2. The van der Waals surface area contributed by atoms with E-state index in [9.17, 15) is 13.9 Å². The number of rotatable bonds is 4. The molecule has 100 valence electrons. The molecule has 0 aromatic heterocycles. The number of aliphatic hydroxyl groups excluding tert-OH is 1. The van der Waals surface area contributed by atoms with Crippen LogP contribution >= 0.6 is 0 Å². The summed E-state index contributed by atoms with van der Waals surface area (Å²) in [6.07, 6.45) is 0. The fourth-order valence-electron chi connectivity index (χ4n) is 1.87. The molecule has 0 fully saturated rings. The van der Waals surface area contributed by atoms with Crippen LogP contribution in [0.4, 0.5) is 14.5 Å². The van der Waals surface area contributed by atoms with Crippen LogP contribution in [0.2, 0.25) is 0 Å². The molecule has 0 aliphatic heterocycles. The van der Waals surface area contributed by atoms with Crippen LogP contribution in [-0.4, -0.2) is 11.7 Å². The van der Waals surface area contributed by atoms with Gasteiger partial charge in [0.15, 0.2) is 0 Å². The Balaban J connectivity index is 2.19. The number of anilines is 1. The number of aliphatic hydroxyl groups is 1. The van der Waals surface area contributed by atoms with Crippen molar-refractivity contribution in [2.24, 2.45) is 0 Å². The average molecular weight is 263 g/mol. The highest BCUT2D eigenvalue weighted by Crippen LogP contribution is 2.21. The molecule has 0 radical (unpaired) electrons. The van der Waals surface area contributed by atoms with Crippen LogP contribution in [0, 0.1) is 18.6 Å². The molecule has 0 aliphatic carbocycles. The van der Waals surface area contributed by atoms with Gasteiger partial charge >= 0.3 is 0 Å². The van der Waals surface area contributed by atoms with E-state index in [-0.39, 0.29) is 24.3 Å². The third-order valence-corrected chi connectivity index (χ3v) is 2.95. The molecular formula is C15H15F2NO. The molecule has 2 rings (SSSR count). The Kier molecular flexibility index (Phi) is 4.12. The molecular weight excluding hydrogens is 248 g/mol. The minimum absolute atomic E-state index is 0.136. The maximum atomic E-state index is 13.2. The largest absolute Gasteiger partial charge is 0.394 e. The zero-order valence-corrected chi connectivity index (χ0v) is 10.5. The predicted octanol–water partition coefficient (Wildman–Crippen LogP) is 3.42. The second-order valence-corrected chi connectivity index (χ2v) is 4.40. The molecule has 4 heteroatoms. The van der Waals surface area contributed by atoms with E-state index in [2.05, 4.69) is 5.32 Å². The SMILES string of the molecule is Cc1cc(C(CO)Nc2ccc(F)cc2)ccc1F. The molecule has 0 heterocycles. The average Bonchev–Trinajstić information content (AvgIpc) is 2.41. The zero-order chi connectivity index (χ0) is 13.8. The molecule has 2 aromatic rings. The summed E-state index contributed by atoms with van der Waals surface area (Å²) in [5.74, 6) is -0.592. The zero-order valence-electron chi connectivity index (χ0n) is 10.5. The van der Waals surface area contributed by atoms with Crippen molar-refractivity contribution in [3.8, 4) is 0 Å². The number of nitrogens with one attached hydrogen (secondary N) is 1. The Bertz CT molecular complexity index is 555. The van der Waals surface area contributed by atoms with E-state index >= 15 is 0 Å². The lowest BCUT2D eigenvalue weighted by atomic mass is 10.0. The molecule has 19 heavy (non-hydrogen) atoms. The van der Waals surface area contributed by atoms with Gasteiger partial charge in [0.05, 0.1) is 12.6 Å². The van der Waals surface area contributed by atoms with Crippen LogP contribution < -0.4 is 5.32 Å². The standard InChI is InChI=1S/C15H15F2NO/c1-10-8-11(2-7-14(10)17)15(9-19)18-13-5-3-12(16)4-6-13/h2-8,15,18-19H,9H2,1H3. The Labute approximate surface area is 110 Å². The molecule has 2 N–H and O–H groups in total. The van der Waals surface area contributed by atoms with Gasteiger partial charge in [-0.05, 0) is 48.4 Å². The Morgan fingerprint density at radius 3 is 2.37 bits per heavy atom. The second kappa shape index (κ2) is 5.80. The number of hydrogen-bond donors (Lipinski definition) is 2. The fourth-order valence-corrected chi connectivity index (χ4v) is 1.87. The van der Waals surface area contributed by atoms with Gasteiger partial charge in [0, 0.05) is 5.69 Å². The molecule has 0 saturated carbocycles. The first-order valence-corrected chi connectivity index (χ1v) is 5.99. The first-order valence-electron chi connectivity index (χ1n) is 5.99. The number of hydrogen-bond acceptors (Lipinski definition) is 2. The summed E-state index contributed by atoms with van der Waals surface area (Å²) in [5.41, 5.74) is 2.00. The quantitative estimate of drug-likeness (QED) is 0.886. The van der Waals surface area contributed by atoms with Crippen molar-refractivity contribution in [3.05, 3.63) is 65.2 Å². The van der Waals surface area contributed by atoms with E-state index in [4.69, 9.17) is 0 Å². The van der Waals surface area contributed by atoms with E-state index < -0.39 is 0 Å².